The van der Waals surface area contributed by atoms with Crippen molar-refractivity contribution in [2.75, 3.05) is 0 Å². The van der Waals surface area contributed by atoms with Gasteiger partial charge in [-0.25, -0.2) is 0 Å². The van der Waals surface area contributed by atoms with E-state index in [4.69, 9.17) is 10.2 Å². The third-order valence-corrected chi connectivity index (χ3v) is 1.11. The van der Waals surface area contributed by atoms with E-state index in [0.29, 0.717) is 7.69 Å². The van der Waals surface area contributed by atoms with E-state index in [2.05, 4.69) is 9.31 Å². The molecule has 1 fully saturated rings. The van der Waals surface area contributed by atoms with Gasteiger partial charge >= 0.3 is 29.6 Å². The predicted molar refractivity (Wildman–Crippen MR) is 30.0 cm³/mol. The molecule has 60 valence electrons. The maximum absolute atomic E-state index is 10.5. The molecule has 0 aromatic heterocycles. The molecule has 0 bridgehead atoms. The largest absolute Gasteiger partial charge is 1.00 e. The van der Waals surface area contributed by atoms with Gasteiger partial charge in [0.25, 0.3) is 11.9 Å². The van der Waals surface area contributed by atoms with Crippen LogP contribution < -0.4 is 29.6 Å². The fourth-order valence-corrected chi connectivity index (χ4v) is 0.516. The third kappa shape index (κ3) is 2.46. The second-order valence-corrected chi connectivity index (χ2v) is 1.86. The van der Waals surface area contributed by atoms with Crippen LogP contribution in [-0.2, 0) is 18.9 Å². The minimum absolute atomic E-state index is 0. The number of rotatable bonds is 0. The number of hydrogen-bond acceptors (Lipinski definition) is 6. The van der Waals surface area contributed by atoms with Gasteiger partial charge in [-0.05, 0) is 0 Å². The van der Waals surface area contributed by atoms with Crippen LogP contribution in [0.3, 0.4) is 0 Å². The van der Waals surface area contributed by atoms with Gasteiger partial charge in [-0.1, -0.05) is 0 Å². The van der Waals surface area contributed by atoms with E-state index in [1.165, 1.54) is 0 Å². The van der Waals surface area contributed by atoms with E-state index in [-0.39, 0.29) is 29.6 Å². The van der Waals surface area contributed by atoms with Crippen molar-refractivity contribution in [3.8, 4) is 0 Å². The van der Waals surface area contributed by atoms with Gasteiger partial charge in [0.1, 0.15) is 7.69 Å². The van der Waals surface area contributed by atoms with Gasteiger partial charge in [-0.2, -0.15) is 0 Å². The van der Waals surface area contributed by atoms with Crippen LogP contribution in [0.5, 0.6) is 0 Å². The summed E-state index contributed by atoms with van der Waals surface area (Å²) >= 11 is 0. The normalized spacial score (nSPS) is 29.5. The van der Waals surface area contributed by atoms with Crippen LogP contribution in [0, 0.1) is 0 Å². The first kappa shape index (κ1) is 11.9. The van der Waals surface area contributed by atoms with Crippen LogP contribution in [0.2, 0.25) is 0 Å². The molecule has 6 nitrogen and oxygen atoms in total. The summed E-state index contributed by atoms with van der Waals surface area (Å²) in [5.74, 6) is -2.24. The molecular formula is C4H4BNaO6. The zero-order valence-electron chi connectivity index (χ0n) is 6.26. The fraction of sp³-hybridized carbons (Fsp3) is 0.500. The van der Waals surface area contributed by atoms with Gasteiger partial charge in [-0.3, -0.25) is 9.59 Å². The molecule has 1 saturated heterocycles. The zero-order chi connectivity index (χ0) is 8.43. The topological polar surface area (TPSA) is 93.1 Å². The van der Waals surface area contributed by atoms with Crippen LogP contribution in [-0.4, -0.2) is 42.0 Å². The van der Waals surface area contributed by atoms with Crippen LogP contribution in [0.4, 0.5) is 0 Å². The van der Waals surface area contributed by atoms with E-state index in [9.17, 15) is 9.59 Å². The summed E-state index contributed by atoms with van der Waals surface area (Å²) in [6, 6.07) is 0. The van der Waals surface area contributed by atoms with E-state index in [1.54, 1.807) is 0 Å². The average molecular weight is 182 g/mol. The van der Waals surface area contributed by atoms with Gasteiger partial charge in [0.15, 0.2) is 12.2 Å². The zero-order valence-corrected chi connectivity index (χ0v) is 8.26. The minimum Gasteiger partial charge on any atom is -0.700 e. The van der Waals surface area contributed by atoms with Crippen molar-refractivity contribution in [3.05, 3.63) is 0 Å². The summed E-state index contributed by atoms with van der Waals surface area (Å²) in [6.45, 7) is 0. The van der Waals surface area contributed by atoms with Crippen molar-refractivity contribution < 1.29 is 58.7 Å². The van der Waals surface area contributed by atoms with Gasteiger partial charge < -0.3 is 19.5 Å². The maximum atomic E-state index is 10.5. The fourth-order valence-electron chi connectivity index (χ4n) is 0.516. The van der Waals surface area contributed by atoms with E-state index < -0.39 is 24.1 Å². The summed E-state index contributed by atoms with van der Waals surface area (Å²) in [5.41, 5.74) is 0. The molecule has 2 unspecified atom stereocenters. The first-order valence-electron chi connectivity index (χ1n) is 2.71. The molecule has 0 aromatic carbocycles. The average Bonchev–Trinajstić information content (AvgIpc) is 2.07. The van der Waals surface area contributed by atoms with Crippen molar-refractivity contribution in [1.29, 1.82) is 0 Å². The summed E-state index contributed by atoms with van der Waals surface area (Å²) < 4.78 is 8.08. The SMILES string of the molecule is O=C1O[B-]OC(=O)C(O)C1O.[Na+]. The Morgan fingerprint density at radius 2 is 1.42 bits per heavy atom. The van der Waals surface area contributed by atoms with Crippen molar-refractivity contribution in [2.24, 2.45) is 0 Å². The molecule has 1 aliphatic heterocycles. The Bertz CT molecular complexity index is 176. The second-order valence-electron chi connectivity index (χ2n) is 1.86. The summed E-state index contributed by atoms with van der Waals surface area (Å²) in [7, 11) is 0.462. The van der Waals surface area contributed by atoms with Gasteiger partial charge in [-0.15, -0.1) is 0 Å². The summed E-state index contributed by atoms with van der Waals surface area (Å²) in [5, 5.41) is 17.5. The molecule has 0 aromatic rings. The van der Waals surface area contributed by atoms with Crippen LogP contribution >= 0.6 is 0 Å². The molecule has 2 N–H and O–H groups in total. The van der Waals surface area contributed by atoms with Crippen molar-refractivity contribution in [3.63, 3.8) is 0 Å². The smallest absolute Gasteiger partial charge is 0.700 e. The molecule has 8 heteroatoms. The van der Waals surface area contributed by atoms with Gasteiger partial charge in [0.2, 0.25) is 0 Å². The number of aliphatic hydroxyl groups is 2. The Kier molecular flexibility index (Phi) is 4.80. The Morgan fingerprint density at radius 3 is 1.75 bits per heavy atom. The van der Waals surface area contributed by atoms with Crippen molar-refractivity contribution >= 4 is 19.6 Å². The van der Waals surface area contributed by atoms with Crippen molar-refractivity contribution in [1.82, 2.24) is 0 Å². The quantitative estimate of drug-likeness (QED) is 0.362. The Hall–Kier alpha value is -0.0751. The van der Waals surface area contributed by atoms with E-state index in [1.807, 2.05) is 0 Å². The van der Waals surface area contributed by atoms with Crippen LogP contribution in [0.1, 0.15) is 0 Å². The molecule has 1 rings (SSSR count). The number of aliphatic hydroxyl groups excluding tert-OH is 2. The Labute approximate surface area is 90.4 Å². The molecule has 0 aliphatic carbocycles. The Morgan fingerprint density at radius 1 is 1.08 bits per heavy atom. The molecule has 2 atom stereocenters. The molecule has 0 saturated carbocycles. The predicted octanol–water partition coefficient (Wildman–Crippen LogP) is -5.65. The van der Waals surface area contributed by atoms with Crippen LogP contribution in [0.15, 0.2) is 0 Å². The second kappa shape index (κ2) is 4.83. The standard InChI is InChI=1S/C4H4BO6.Na/c6-1-2(7)4(9)11-5-10-3(1)8;/h1-2,6-7H;/q-1;+1. The minimum atomic E-state index is -1.87. The number of carbonyl (C=O) groups is 2. The van der Waals surface area contributed by atoms with Gasteiger partial charge in [0.05, 0.1) is 0 Å². The van der Waals surface area contributed by atoms with Crippen LogP contribution in [0.25, 0.3) is 0 Å². The monoisotopic (exact) mass is 182 g/mol. The maximum Gasteiger partial charge on any atom is 1.00 e. The van der Waals surface area contributed by atoms with E-state index >= 15 is 0 Å². The van der Waals surface area contributed by atoms with E-state index in [0.717, 1.165) is 0 Å². The van der Waals surface area contributed by atoms with Gasteiger partial charge in [0, 0.05) is 0 Å². The number of carbonyl (C=O) groups excluding carboxylic acids is 2. The molecular weight excluding hydrogens is 178 g/mol. The molecule has 2 radical (unpaired) electrons. The number of hydrogen-bond donors (Lipinski definition) is 2. The molecule has 1 heterocycles. The Balaban J connectivity index is 0.00000121. The molecule has 0 spiro atoms. The first-order valence-corrected chi connectivity index (χ1v) is 2.71. The molecule has 12 heavy (non-hydrogen) atoms. The molecule has 0 amide bonds. The van der Waals surface area contributed by atoms with Crippen molar-refractivity contribution in [2.45, 2.75) is 12.2 Å². The molecule has 1 aliphatic rings. The third-order valence-electron chi connectivity index (χ3n) is 1.11. The summed E-state index contributed by atoms with van der Waals surface area (Å²) in [4.78, 5) is 20.9. The first-order chi connectivity index (χ1) is 5.13. The summed E-state index contributed by atoms with van der Waals surface area (Å²) in [6.07, 6.45) is -3.75.